The average molecular weight is 298 g/mol. The van der Waals surface area contributed by atoms with E-state index in [0.717, 1.165) is 11.3 Å². The maximum Gasteiger partial charge on any atom is 0.272 e. The number of anilines is 1. The fourth-order valence-electron chi connectivity index (χ4n) is 1.98. The quantitative estimate of drug-likeness (QED) is 0.853. The number of nitrogens with zero attached hydrogens (tertiary/aromatic N) is 2. The van der Waals surface area contributed by atoms with Gasteiger partial charge in [0.2, 0.25) is 0 Å². The summed E-state index contributed by atoms with van der Waals surface area (Å²) in [6, 6.07) is 11.5. The van der Waals surface area contributed by atoms with E-state index in [0.29, 0.717) is 24.1 Å². The van der Waals surface area contributed by atoms with Gasteiger partial charge >= 0.3 is 0 Å². The van der Waals surface area contributed by atoms with Crippen molar-refractivity contribution >= 4 is 11.7 Å². The highest BCUT2D eigenvalue weighted by Crippen LogP contribution is 2.23. The molecular weight excluding hydrogens is 280 g/mol. The van der Waals surface area contributed by atoms with Crippen LogP contribution < -0.4 is 15.4 Å². The van der Waals surface area contributed by atoms with Crippen molar-refractivity contribution in [2.24, 2.45) is 0 Å². The summed E-state index contributed by atoms with van der Waals surface area (Å²) in [4.78, 5) is 12.0. The highest BCUT2D eigenvalue weighted by Gasteiger charge is 2.21. The van der Waals surface area contributed by atoms with Gasteiger partial charge < -0.3 is 15.4 Å². The SMILES string of the molecule is COc1ccc(CNC(=O)c2ccc(NC3CC3)nn2)cc1. The molecule has 2 aromatic rings. The third-order valence-electron chi connectivity index (χ3n) is 3.44. The molecular formula is C16H18N4O2. The summed E-state index contributed by atoms with van der Waals surface area (Å²) in [6.45, 7) is 0.437. The zero-order chi connectivity index (χ0) is 15.4. The second kappa shape index (κ2) is 6.43. The first-order valence-electron chi connectivity index (χ1n) is 7.26. The lowest BCUT2D eigenvalue weighted by Gasteiger charge is -2.06. The Morgan fingerprint density at radius 3 is 2.55 bits per heavy atom. The van der Waals surface area contributed by atoms with E-state index in [4.69, 9.17) is 4.74 Å². The van der Waals surface area contributed by atoms with Gasteiger partial charge in [-0.3, -0.25) is 4.79 Å². The largest absolute Gasteiger partial charge is 0.497 e. The van der Waals surface area contributed by atoms with E-state index in [1.54, 1.807) is 19.2 Å². The van der Waals surface area contributed by atoms with Crippen molar-refractivity contribution in [3.05, 3.63) is 47.7 Å². The molecule has 1 aliphatic carbocycles. The molecule has 0 saturated heterocycles. The van der Waals surface area contributed by atoms with Crippen molar-refractivity contribution in [1.82, 2.24) is 15.5 Å². The van der Waals surface area contributed by atoms with Crippen LogP contribution in [0, 0.1) is 0 Å². The molecule has 0 spiro atoms. The monoisotopic (exact) mass is 298 g/mol. The Bertz CT molecular complexity index is 636. The van der Waals surface area contributed by atoms with Gasteiger partial charge in [-0.25, -0.2) is 0 Å². The highest BCUT2D eigenvalue weighted by molar-refractivity contribution is 5.92. The standard InChI is InChI=1S/C16H18N4O2/c1-22-13-6-2-11(3-7-13)10-17-16(21)14-8-9-15(20-19-14)18-12-4-5-12/h2-3,6-9,12H,4-5,10H2,1H3,(H,17,21)(H,18,20). The molecule has 1 fully saturated rings. The predicted molar refractivity (Wildman–Crippen MR) is 82.8 cm³/mol. The van der Waals surface area contributed by atoms with Crippen LogP contribution in [0.15, 0.2) is 36.4 Å². The van der Waals surface area contributed by atoms with Crippen molar-refractivity contribution in [3.8, 4) is 5.75 Å². The molecule has 0 radical (unpaired) electrons. The third-order valence-corrected chi connectivity index (χ3v) is 3.44. The Labute approximate surface area is 128 Å². The van der Waals surface area contributed by atoms with Crippen LogP contribution in [-0.2, 0) is 6.54 Å². The second-order valence-electron chi connectivity index (χ2n) is 5.25. The van der Waals surface area contributed by atoms with Crippen molar-refractivity contribution in [2.45, 2.75) is 25.4 Å². The Hall–Kier alpha value is -2.63. The van der Waals surface area contributed by atoms with Gasteiger partial charge in [0.15, 0.2) is 5.69 Å². The number of hydrogen-bond donors (Lipinski definition) is 2. The minimum absolute atomic E-state index is 0.235. The normalized spacial score (nSPS) is 13.5. The molecule has 114 valence electrons. The molecule has 6 nitrogen and oxygen atoms in total. The van der Waals surface area contributed by atoms with E-state index >= 15 is 0 Å². The van der Waals surface area contributed by atoms with Crippen molar-refractivity contribution in [2.75, 3.05) is 12.4 Å². The number of nitrogens with one attached hydrogen (secondary N) is 2. The number of aromatic nitrogens is 2. The van der Waals surface area contributed by atoms with Gasteiger partial charge in [0.1, 0.15) is 11.6 Å². The molecule has 1 heterocycles. The molecule has 0 unspecified atom stereocenters. The first kappa shape index (κ1) is 14.3. The van der Waals surface area contributed by atoms with Gasteiger partial charge in [0.05, 0.1) is 7.11 Å². The van der Waals surface area contributed by atoms with E-state index in [1.807, 2.05) is 24.3 Å². The maximum absolute atomic E-state index is 12.0. The molecule has 0 aliphatic heterocycles. The molecule has 0 atom stereocenters. The highest BCUT2D eigenvalue weighted by atomic mass is 16.5. The lowest BCUT2D eigenvalue weighted by molar-refractivity contribution is 0.0945. The van der Waals surface area contributed by atoms with Crippen LogP contribution in [0.1, 0.15) is 28.9 Å². The summed E-state index contributed by atoms with van der Waals surface area (Å²) in [5.41, 5.74) is 1.31. The Balaban J connectivity index is 1.53. The minimum atomic E-state index is -0.235. The molecule has 1 saturated carbocycles. The fraction of sp³-hybridized carbons (Fsp3) is 0.312. The summed E-state index contributed by atoms with van der Waals surface area (Å²) in [6.07, 6.45) is 2.34. The fourth-order valence-corrected chi connectivity index (χ4v) is 1.98. The number of benzene rings is 1. The van der Waals surface area contributed by atoms with Crippen molar-refractivity contribution < 1.29 is 9.53 Å². The first-order chi connectivity index (χ1) is 10.7. The van der Waals surface area contributed by atoms with E-state index in [1.165, 1.54) is 12.8 Å². The van der Waals surface area contributed by atoms with Crippen LogP contribution in [0.4, 0.5) is 5.82 Å². The zero-order valence-electron chi connectivity index (χ0n) is 12.4. The molecule has 1 aromatic carbocycles. The number of carbonyl (C=O) groups excluding carboxylic acids is 1. The molecule has 6 heteroatoms. The van der Waals surface area contributed by atoms with Crippen LogP contribution >= 0.6 is 0 Å². The Morgan fingerprint density at radius 2 is 1.95 bits per heavy atom. The van der Waals surface area contributed by atoms with Gasteiger partial charge in [-0.1, -0.05) is 12.1 Å². The van der Waals surface area contributed by atoms with Crippen LogP contribution in [-0.4, -0.2) is 29.3 Å². The minimum Gasteiger partial charge on any atom is -0.497 e. The Kier molecular flexibility index (Phi) is 4.18. The van der Waals surface area contributed by atoms with Gasteiger partial charge in [-0.05, 0) is 42.7 Å². The van der Waals surface area contributed by atoms with E-state index in [9.17, 15) is 4.79 Å². The maximum atomic E-state index is 12.0. The molecule has 22 heavy (non-hydrogen) atoms. The predicted octanol–water partition coefficient (Wildman–Crippen LogP) is 1.99. The topological polar surface area (TPSA) is 76.1 Å². The zero-order valence-corrected chi connectivity index (χ0v) is 12.4. The Morgan fingerprint density at radius 1 is 1.18 bits per heavy atom. The van der Waals surface area contributed by atoms with Crippen LogP contribution in [0.25, 0.3) is 0 Å². The summed E-state index contributed by atoms with van der Waals surface area (Å²) in [5.74, 6) is 1.27. The van der Waals surface area contributed by atoms with Gasteiger partial charge in [0.25, 0.3) is 5.91 Å². The number of rotatable bonds is 6. The van der Waals surface area contributed by atoms with Crippen LogP contribution in [0.2, 0.25) is 0 Å². The second-order valence-corrected chi connectivity index (χ2v) is 5.25. The summed E-state index contributed by atoms with van der Waals surface area (Å²) < 4.78 is 5.10. The number of hydrogen-bond acceptors (Lipinski definition) is 5. The van der Waals surface area contributed by atoms with E-state index in [2.05, 4.69) is 20.8 Å². The third kappa shape index (κ3) is 3.72. The number of amides is 1. The van der Waals surface area contributed by atoms with Crippen LogP contribution in [0.3, 0.4) is 0 Å². The lowest BCUT2D eigenvalue weighted by Crippen LogP contribution is -2.24. The number of ether oxygens (including phenoxy) is 1. The van der Waals surface area contributed by atoms with E-state index < -0.39 is 0 Å². The average Bonchev–Trinajstić information content (AvgIpc) is 3.38. The molecule has 1 amide bonds. The first-order valence-corrected chi connectivity index (χ1v) is 7.26. The molecule has 1 aromatic heterocycles. The van der Waals surface area contributed by atoms with Gasteiger partial charge in [0, 0.05) is 12.6 Å². The van der Waals surface area contributed by atoms with Gasteiger partial charge in [-0.15, -0.1) is 10.2 Å². The molecule has 0 bridgehead atoms. The molecule has 3 rings (SSSR count). The number of carbonyl (C=O) groups is 1. The van der Waals surface area contributed by atoms with Gasteiger partial charge in [-0.2, -0.15) is 0 Å². The molecule has 1 aliphatic rings. The smallest absolute Gasteiger partial charge is 0.272 e. The summed E-state index contributed by atoms with van der Waals surface area (Å²) in [5, 5.41) is 14.0. The lowest BCUT2D eigenvalue weighted by atomic mass is 10.2. The van der Waals surface area contributed by atoms with Crippen molar-refractivity contribution in [1.29, 1.82) is 0 Å². The van der Waals surface area contributed by atoms with E-state index in [-0.39, 0.29) is 5.91 Å². The summed E-state index contributed by atoms with van der Waals surface area (Å²) in [7, 11) is 1.62. The van der Waals surface area contributed by atoms with Crippen molar-refractivity contribution in [3.63, 3.8) is 0 Å². The van der Waals surface area contributed by atoms with Crippen LogP contribution in [0.5, 0.6) is 5.75 Å². The number of methoxy groups -OCH3 is 1. The summed E-state index contributed by atoms with van der Waals surface area (Å²) >= 11 is 0. The molecule has 2 N–H and O–H groups in total.